The molecule has 4 nitrogen and oxygen atoms in total. The van der Waals surface area contributed by atoms with Gasteiger partial charge in [-0.15, -0.1) is 21.5 Å². The summed E-state index contributed by atoms with van der Waals surface area (Å²) in [5.74, 6) is 0.640. The molecule has 0 aromatic carbocycles. The van der Waals surface area contributed by atoms with E-state index in [0.29, 0.717) is 5.75 Å². The molecule has 1 amide bonds. The van der Waals surface area contributed by atoms with Crippen LogP contribution in [-0.2, 0) is 17.8 Å². The Labute approximate surface area is 117 Å². The summed E-state index contributed by atoms with van der Waals surface area (Å²) in [4.78, 5) is 15.5. The topological polar surface area (TPSA) is 46.1 Å². The first-order chi connectivity index (χ1) is 8.83. The summed E-state index contributed by atoms with van der Waals surface area (Å²) in [6, 6.07) is 2.12. The third kappa shape index (κ3) is 2.57. The highest BCUT2D eigenvalue weighted by Crippen LogP contribution is 2.25. The molecule has 7 heteroatoms. The van der Waals surface area contributed by atoms with Gasteiger partial charge in [0.15, 0.2) is 4.34 Å². The van der Waals surface area contributed by atoms with Crippen LogP contribution in [0.4, 0.5) is 0 Å². The summed E-state index contributed by atoms with van der Waals surface area (Å²) in [7, 11) is 0. The van der Waals surface area contributed by atoms with E-state index < -0.39 is 0 Å². The molecule has 1 aliphatic rings. The fourth-order valence-corrected chi connectivity index (χ4v) is 4.18. The van der Waals surface area contributed by atoms with E-state index in [1.54, 1.807) is 16.8 Å². The zero-order valence-electron chi connectivity index (χ0n) is 9.54. The Hall–Kier alpha value is -0.920. The van der Waals surface area contributed by atoms with E-state index in [1.165, 1.54) is 33.5 Å². The zero-order valence-corrected chi connectivity index (χ0v) is 12.0. The molecule has 94 valence electrons. The lowest BCUT2D eigenvalue weighted by molar-refractivity contribution is -0.129. The lowest BCUT2D eigenvalue weighted by Gasteiger charge is -2.26. The molecule has 3 heterocycles. The molecule has 0 saturated heterocycles. The van der Waals surface area contributed by atoms with Gasteiger partial charge in [-0.25, -0.2) is 0 Å². The molecule has 0 atom stereocenters. The highest BCUT2D eigenvalue weighted by Gasteiger charge is 2.21. The number of thioether (sulfide) groups is 1. The van der Waals surface area contributed by atoms with Gasteiger partial charge in [0.1, 0.15) is 5.51 Å². The smallest absolute Gasteiger partial charge is 0.233 e. The number of fused-ring (bicyclic) bond motifs is 1. The zero-order chi connectivity index (χ0) is 12.4. The number of nitrogens with zero attached hydrogens (tertiary/aromatic N) is 3. The van der Waals surface area contributed by atoms with E-state index in [2.05, 4.69) is 21.6 Å². The van der Waals surface area contributed by atoms with Crippen LogP contribution in [0.3, 0.4) is 0 Å². The monoisotopic (exact) mass is 297 g/mol. The van der Waals surface area contributed by atoms with Gasteiger partial charge in [0.05, 0.1) is 5.75 Å². The molecule has 1 aliphatic heterocycles. The van der Waals surface area contributed by atoms with Gasteiger partial charge in [0, 0.05) is 18.0 Å². The summed E-state index contributed by atoms with van der Waals surface area (Å²) in [6.45, 7) is 1.59. The molecular formula is C11H11N3OS3. The Morgan fingerprint density at radius 2 is 2.44 bits per heavy atom. The predicted octanol–water partition coefficient (Wildman–Crippen LogP) is 2.28. The Morgan fingerprint density at radius 3 is 3.28 bits per heavy atom. The minimum Gasteiger partial charge on any atom is -0.337 e. The van der Waals surface area contributed by atoms with Gasteiger partial charge in [0.2, 0.25) is 5.91 Å². The summed E-state index contributed by atoms with van der Waals surface area (Å²) < 4.78 is 0.858. The molecule has 2 aromatic heterocycles. The van der Waals surface area contributed by atoms with Crippen LogP contribution in [-0.4, -0.2) is 33.3 Å². The number of carbonyl (C=O) groups excluding carboxylic acids is 1. The second kappa shape index (κ2) is 5.38. The number of rotatable bonds is 3. The van der Waals surface area contributed by atoms with Gasteiger partial charge in [-0.05, 0) is 23.4 Å². The lowest BCUT2D eigenvalue weighted by Crippen LogP contribution is -2.36. The second-order valence-electron chi connectivity index (χ2n) is 3.93. The van der Waals surface area contributed by atoms with E-state index in [1.807, 2.05) is 4.90 Å². The van der Waals surface area contributed by atoms with Crippen LogP contribution < -0.4 is 0 Å². The maximum atomic E-state index is 12.1. The quantitative estimate of drug-likeness (QED) is 0.815. The molecule has 0 radical (unpaired) electrons. The molecule has 0 bridgehead atoms. The maximum Gasteiger partial charge on any atom is 0.233 e. The van der Waals surface area contributed by atoms with Crippen LogP contribution in [0.15, 0.2) is 21.3 Å². The van der Waals surface area contributed by atoms with Crippen LogP contribution in [0.1, 0.15) is 10.4 Å². The molecule has 0 aliphatic carbocycles. The van der Waals surface area contributed by atoms with Gasteiger partial charge < -0.3 is 4.90 Å². The van der Waals surface area contributed by atoms with Gasteiger partial charge in [0.25, 0.3) is 0 Å². The number of hydrogen-bond acceptors (Lipinski definition) is 6. The van der Waals surface area contributed by atoms with Crippen molar-refractivity contribution in [1.29, 1.82) is 0 Å². The van der Waals surface area contributed by atoms with E-state index in [9.17, 15) is 4.79 Å². The number of aromatic nitrogens is 2. The largest absolute Gasteiger partial charge is 0.337 e. The fraction of sp³-hybridized carbons (Fsp3) is 0.364. The SMILES string of the molecule is O=C(CSc1nncs1)N1CCc2sccc2C1. The first-order valence-electron chi connectivity index (χ1n) is 5.55. The van der Waals surface area contributed by atoms with E-state index >= 15 is 0 Å². The third-order valence-electron chi connectivity index (χ3n) is 2.82. The highest BCUT2D eigenvalue weighted by atomic mass is 32.2. The normalized spacial score (nSPS) is 14.6. The van der Waals surface area contributed by atoms with Gasteiger partial charge in [-0.3, -0.25) is 4.79 Å². The van der Waals surface area contributed by atoms with Crippen molar-refractivity contribution in [2.45, 2.75) is 17.3 Å². The Balaban J connectivity index is 1.57. The molecule has 18 heavy (non-hydrogen) atoms. The van der Waals surface area contributed by atoms with Crippen molar-refractivity contribution < 1.29 is 4.79 Å². The number of amides is 1. The summed E-state index contributed by atoms with van der Waals surface area (Å²) in [6.07, 6.45) is 0.988. The molecule has 0 N–H and O–H groups in total. The molecule has 0 saturated carbocycles. The van der Waals surface area contributed by atoms with Crippen LogP contribution in [0.25, 0.3) is 0 Å². The number of thiophene rings is 1. The van der Waals surface area contributed by atoms with E-state index in [4.69, 9.17) is 0 Å². The second-order valence-corrected chi connectivity index (χ2v) is 6.98. The first-order valence-corrected chi connectivity index (χ1v) is 8.29. The molecule has 0 unspecified atom stereocenters. The van der Waals surface area contributed by atoms with Crippen LogP contribution >= 0.6 is 34.4 Å². The van der Waals surface area contributed by atoms with Crippen molar-refractivity contribution in [2.75, 3.05) is 12.3 Å². The van der Waals surface area contributed by atoms with Crippen LogP contribution in [0.2, 0.25) is 0 Å². The van der Waals surface area contributed by atoms with Crippen molar-refractivity contribution in [1.82, 2.24) is 15.1 Å². The van der Waals surface area contributed by atoms with Gasteiger partial charge in [-0.1, -0.05) is 23.1 Å². The van der Waals surface area contributed by atoms with Crippen molar-refractivity contribution in [3.05, 3.63) is 27.4 Å². The van der Waals surface area contributed by atoms with Crippen LogP contribution in [0, 0.1) is 0 Å². The lowest BCUT2D eigenvalue weighted by atomic mass is 10.1. The maximum absolute atomic E-state index is 12.1. The molecule has 2 aromatic rings. The predicted molar refractivity (Wildman–Crippen MR) is 74.1 cm³/mol. The van der Waals surface area contributed by atoms with E-state index in [-0.39, 0.29) is 5.91 Å². The Kier molecular flexibility index (Phi) is 3.62. The van der Waals surface area contributed by atoms with Crippen molar-refractivity contribution >= 4 is 40.3 Å². The summed E-state index contributed by atoms with van der Waals surface area (Å²) >= 11 is 4.73. The molecular weight excluding hydrogens is 286 g/mol. The minimum atomic E-state index is 0.187. The number of hydrogen-bond donors (Lipinski definition) is 0. The summed E-state index contributed by atoms with van der Waals surface area (Å²) in [5, 5.41) is 9.79. The average molecular weight is 297 g/mol. The third-order valence-corrected chi connectivity index (χ3v) is 5.69. The minimum absolute atomic E-state index is 0.187. The number of carbonyl (C=O) groups is 1. The Morgan fingerprint density at radius 1 is 1.50 bits per heavy atom. The van der Waals surface area contributed by atoms with Gasteiger partial charge in [-0.2, -0.15) is 0 Å². The Bertz CT molecular complexity index is 537. The molecule has 3 rings (SSSR count). The molecule has 0 fully saturated rings. The van der Waals surface area contributed by atoms with Crippen molar-refractivity contribution in [3.8, 4) is 0 Å². The molecule has 0 spiro atoms. The summed E-state index contributed by atoms with van der Waals surface area (Å²) in [5.41, 5.74) is 2.99. The average Bonchev–Trinajstić information content (AvgIpc) is 3.05. The fourth-order valence-electron chi connectivity index (χ4n) is 1.90. The first kappa shape index (κ1) is 12.1. The van der Waals surface area contributed by atoms with Crippen LogP contribution in [0.5, 0.6) is 0 Å². The van der Waals surface area contributed by atoms with Gasteiger partial charge >= 0.3 is 0 Å². The van der Waals surface area contributed by atoms with Crippen molar-refractivity contribution in [2.24, 2.45) is 0 Å². The van der Waals surface area contributed by atoms with E-state index in [0.717, 1.165) is 23.8 Å². The highest BCUT2D eigenvalue weighted by molar-refractivity contribution is 8.01. The standard InChI is InChI=1S/C11H11N3OS3/c15-10(6-17-11-13-12-7-18-11)14-3-1-9-8(5-14)2-4-16-9/h2,4,7H,1,3,5-6H2. The van der Waals surface area contributed by atoms with Crippen molar-refractivity contribution in [3.63, 3.8) is 0 Å².